The summed E-state index contributed by atoms with van der Waals surface area (Å²) in [7, 11) is 1.53. The third kappa shape index (κ3) is 4.09. The number of carbonyl (C=O) groups excluding carboxylic acids is 1. The molecule has 1 aromatic rings. The average molecular weight is 313 g/mol. The van der Waals surface area contributed by atoms with E-state index in [0.717, 1.165) is 10.5 Å². The Bertz CT molecular complexity index is 501. The number of amides is 2. The van der Waals surface area contributed by atoms with Gasteiger partial charge in [0, 0.05) is 13.7 Å². The maximum atomic E-state index is 12.6. The molecule has 0 aromatic heterocycles. The summed E-state index contributed by atoms with van der Waals surface area (Å²) in [5, 5.41) is 8.05. The molecule has 0 heterocycles. The zero-order chi connectivity index (χ0) is 16.0. The Hall–Kier alpha value is -1.79. The molecule has 0 aliphatic rings. The number of nitrogens with one attached hydrogen (secondary N) is 1. The maximum Gasteiger partial charge on any atom is 0.331 e. The van der Waals surface area contributed by atoms with Crippen LogP contribution < -0.4 is 10.6 Å². The first-order valence-electron chi connectivity index (χ1n) is 6.61. The number of ether oxygens (including phenoxy) is 1. The Morgan fingerprint density at radius 1 is 1.48 bits per heavy atom. The first-order valence-corrected chi connectivity index (χ1v) is 6.98. The van der Waals surface area contributed by atoms with Crippen LogP contribution in [0, 0.1) is 12.3 Å². The number of carbonyl (C=O) groups is 1. The van der Waals surface area contributed by atoms with Gasteiger partial charge in [0.2, 0.25) is 0 Å². The van der Waals surface area contributed by atoms with Crippen LogP contribution in [0.15, 0.2) is 18.2 Å². The highest BCUT2D eigenvalue weighted by atomic mass is 35.5. The van der Waals surface area contributed by atoms with Gasteiger partial charge in [0.1, 0.15) is 0 Å². The molecule has 0 bridgehead atoms. The lowest BCUT2D eigenvalue weighted by Gasteiger charge is -2.30. The molecule has 0 atom stereocenters. The lowest BCUT2D eigenvalue weighted by Crippen LogP contribution is -2.50. The molecular weight excluding hydrogens is 292 g/mol. The number of hydrogen-bond donors (Lipinski definition) is 2. The molecule has 21 heavy (non-hydrogen) atoms. The highest BCUT2D eigenvalue weighted by molar-refractivity contribution is 6.34. The fourth-order valence-electron chi connectivity index (χ4n) is 2.00. The molecule has 1 aromatic carbocycles. The molecule has 0 saturated heterocycles. The van der Waals surface area contributed by atoms with Gasteiger partial charge >= 0.3 is 6.03 Å². The van der Waals surface area contributed by atoms with E-state index in [9.17, 15) is 4.79 Å². The second-order valence-electron chi connectivity index (χ2n) is 4.46. The molecular formula is C14H21ClN4O2. The van der Waals surface area contributed by atoms with Gasteiger partial charge in [0.15, 0.2) is 5.96 Å². The predicted octanol–water partition coefficient (Wildman–Crippen LogP) is 2.44. The number of rotatable bonds is 5. The topological polar surface area (TPSA) is 82.7 Å². The van der Waals surface area contributed by atoms with Gasteiger partial charge in [-0.05, 0) is 25.5 Å². The Morgan fingerprint density at radius 3 is 2.62 bits per heavy atom. The van der Waals surface area contributed by atoms with Crippen LogP contribution in [-0.4, -0.2) is 43.7 Å². The number of nitrogens with zero attached hydrogens (tertiary/aromatic N) is 2. The molecule has 3 N–H and O–H groups in total. The Morgan fingerprint density at radius 2 is 2.14 bits per heavy atom. The third-order valence-electron chi connectivity index (χ3n) is 3.05. The number of halogens is 1. The summed E-state index contributed by atoms with van der Waals surface area (Å²) >= 11 is 6.21. The highest BCUT2D eigenvalue weighted by Gasteiger charge is 2.25. The van der Waals surface area contributed by atoms with E-state index in [0.29, 0.717) is 23.9 Å². The van der Waals surface area contributed by atoms with Crippen molar-refractivity contribution in [1.82, 2.24) is 4.90 Å². The summed E-state index contributed by atoms with van der Waals surface area (Å²) in [5.41, 5.74) is 7.02. The summed E-state index contributed by atoms with van der Waals surface area (Å²) in [4.78, 5) is 15.3. The molecule has 0 spiro atoms. The number of methoxy groups -OCH3 is 1. The van der Waals surface area contributed by atoms with Crippen molar-refractivity contribution < 1.29 is 9.53 Å². The number of urea groups is 1. The molecule has 0 saturated carbocycles. The minimum absolute atomic E-state index is 0.213. The van der Waals surface area contributed by atoms with E-state index in [1.54, 1.807) is 6.07 Å². The second-order valence-corrected chi connectivity index (χ2v) is 4.87. The zero-order valence-electron chi connectivity index (χ0n) is 12.5. The fourth-order valence-corrected chi connectivity index (χ4v) is 2.33. The number of para-hydroxylation sites is 1. The van der Waals surface area contributed by atoms with Gasteiger partial charge in [-0.1, -0.05) is 23.7 Å². The molecule has 2 amide bonds. The molecule has 0 radical (unpaired) electrons. The summed E-state index contributed by atoms with van der Waals surface area (Å²) in [6, 6.07) is 5.04. The largest absolute Gasteiger partial charge is 0.383 e. The van der Waals surface area contributed by atoms with E-state index in [4.69, 9.17) is 27.5 Å². The maximum absolute atomic E-state index is 12.6. The van der Waals surface area contributed by atoms with Gasteiger partial charge in [-0.2, -0.15) is 0 Å². The van der Waals surface area contributed by atoms with Crippen molar-refractivity contribution in [1.29, 1.82) is 5.41 Å². The first kappa shape index (κ1) is 17.3. The van der Waals surface area contributed by atoms with Crippen LogP contribution in [0.5, 0.6) is 0 Å². The number of benzene rings is 1. The first-order chi connectivity index (χ1) is 9.93. The standard InChI is InChI=1S/C14H21ClN4O2/c1-4-18(12-10(2)6-5-7-11(12)15)14(20)19(13(16)17)8-9-21-3/h5-7H,4,8-9H2,1-3H3,(H3,16,17). The second kappa shape index (κ2) is 7.85. The number of hydrogen-bond acceptors (Lipinski definition) is 3. The van der Waals surface area contributed by atoms with Crippen molar-refractivity contribution in [2.75, 3.05) is 31.7 Å². The quantitative estimate of drug-likeness (QED) is 0.647. The van der Waals surface area contributed by atoms with Gasteiger partial charge in [-0.3, -0.25) is 15.2 Å². The van der Waals surface area contributed by atoms with Crippen LogP contribution >= 0.6 is 11.6 Å². The third-order valence-corrected chi connectivity index (χ3v) is 3.35. The van der Waals surface area contributed by atoms with Gasteiger partial charge < -0.3 is 10.5 Å². The Kier molecular flexibility index (Phi) is 6.45. The molecule has 0 fully saturated rings. The van der Waals surface area contributed by atoms with Crippen molar-refractivity contribution in [3.05, 3.63) is 28.8 Å². The minimum Gasteiger partial charge on any atom is -0.383 e. The van der Waals surface area contributed by atoms with Gasteiger partial charge in [0.05, 0.1) is 23.9 Å². The number of aryl methyl sites for hydroxylation is 1. The predicted molar refractivity (Wildman–Crippen MR) is 85.1 cm³/mol. The smallest absolute Gasteiger partial charge is 0.331 e. The number of anilines is 1. The van der Waals surface area contributed by atoms with Crippen LogP contribution in [-0.2, 0) is 4.74 Å². The molecule has 0 unspecified atom stereocenters. The lowest BCUT2D eigenvalue weighted by molar-refractivity contribution is 0.174. The van der Waals surface area contributed by atoms with E-state index in [1.165, 1.54) is 12.0 Å². The van der Waals surface area contributed by atoms with E-state index in [2.05, 4.69) is 0 Å². The normalized spacial score (nSPS) is 10.3. The highest BCUT2D eigenvalue weighted by Crippen LogP contribution is 2.30. The van der Waals surface area contributed by atoms with E-state index < -0.39 is 6.03 Å². The fraction of sp³-hybridized carbons (Fsp3) is 0.429. The van der Waals surface area contributed by atoms with Crippen LogP contribution in [0.2, 0.25) is 5.02 Å². The van der Waals surface area contributed by atoms with Crippen molar-refractivity contribution in [3.63, 3.8) is 0 Å². The van der Waals surface area contributed by atoms with Crippen molar-refractivity contribution in [2.24, 2.45) is 5.73 Å². The molecule has 0 aliphatic heterocycles. The van der Waals surface area contributed by atoms with Crippen LogP contribution in [0.25, 0.3) is 0 Å². The summed E-state index contributed by atoms with van der Waals surface area (Å²) in [5.74, 6) is -0.319. The van der Waals surface area contributed by atoms with Crippen molar-refractivity contribution >= 4 is 29.3 Å². The van der Waals surface area contributed by atoms with Crippen LogP contribution in [0.4, 0.5) is 10.5 Å². The number of guanidine groups is 1. The van der Waals surface area contributed by atoms with Crippen LogP contribution in [0.3, 0.4) is 0 Å². The average Bonchev–Trinajstić information content (AvgIpc) is 2.42. The monoisotopic (exact) mass is 312 g/mol. The summed E-state index contributed by atoms with van der Waals surface area (Å²) in [6.07, 6.45) is 0. The van der Waals surface area contributed by atoms with E-state index in [1.807, 2.05) is 26.0 Å². The van der Waals surface area contributed by atoms with Gasteiger partial charge in [-0.25, -0.2) is 4.79 Å². The zero-order valence-corrected chi connectivity index (χ0v) is 13.3. The molecule has 1 rings (SSSR count). The van der Waals surface area contributed by atoms with E-state index >= 15 is 0 Å². The lowest BCUT2D eigenvalue weighted by atomic mass is 10.2. The number of nitrogens with two attached hydrogens (primary N) is 1. The summed E-state index contributed by atoms with van der Waals surface area (Å²) in [6.45, 7) is 4.65. The summed E-state index contributed by atoms with van der Waals surface area (Å²) < 4.78 is 4.95. The Labute approximate surface area is 129 Å². The molecule has 0 aliphatic carbocycles. The molecule has 6 nitrogen and oxygen atoms in total. The van der Waals surface area contributed by atoms with Gasteiger partial charge in [0.25, 0.3) is 0 Å². The molecule has 7 heteroatoms. The Balaban J connectivity index is 3.13. The van der Waals surface area contributed by atoms with E-state index in [-0.39, 0.29) is 12.5 Å². The van der Waals surface area contributed by atoms with Crippen molar-refractivity contribution in [2.45, 2.75) is 13.8 Å². The molecule has 116 valence electrons. The SMILES string of the molecule is CCN(C(=O)N(CCOC)C(=N)N)c1c(C)cccc1Cl. The minimum atomic E-state index is -0.391. The van der Waals surface area contributed by atoms with Crippen molar-refractivity contribution in [3.8, 4) is 0 Å². The van der Waals surface area contributed by atoms with Gasteiger partial charge in [-0.15, -0.1) is 0 Å². The van der Waals surface area contributed by atoms with Crippen LogP contribution in [0.1, 0.15) is 12.5 Å².